The summed E-state index contributed by atoms with van der Waals surface area (Å²) in [6, 6.07) is 5.45. The zero-order valence-electron chi connectivity index (χ0n) is 29.4. The second-order valence-corrected chi connectivity index (χ2v) is 17.2. The Morgan fingerprint density at radius 1 is 1.04 bits per heavy atom. The molecule has 0 radical (unpaired) electrons. The van der Waals surface area contributed by atoms with E-state index in [0.717, 1.165) is 24.0 Å². The Morgan fingerprint density at radius 2 is 1.72 bits per heavy atom. The number of carbonyl (C=O) groups excluding carboxylic acids is 5. The van der Waals surface area contributed by atoms with Crippen molar-refractivity contribution >= 4 is 39.9 Å². The van der Waals surface area contributed by atoms with Gasteiger partial charge < -0.3 is 25.0 Å². The van der Waals surface area contributed by atoms with E-state index in [4.69, 9.17) is 9.47 Å². The zero-order valence-corrected chi connectivity index (χ0v) is 30.2. The van der Waals surface area contributed by atoms with Crippen LogP contribution in [0.15, 0.2) is 36.4 Å². The van der Waals surface area contributed by atoms with E-state index in [1.165, 1.54) is 18.7 Å². The number of sulfonamides is 1. The molecule has 1 aromatic rings. The molecule has 1 saturated carbocycles. The summed E-state index contributed by atoms with van der Waals surface area (Å²) in [4.78, 5) is 71.0. The quantitative estimate of drug-likeness (QED) is 0.386. The molecule has 0 bridgehead atoms. The number of carbonyl (C=O) groups is 5. The van der Waals surface area contributed by atoms with Gasteiger partial charge in [-0.05, 0) is 71.4 Å². The van der Waals surface area contributed by atoms with Crippen LogP contribution < -0.4 is 15.4 Å². The summed E-state index contributed by atoms with van der Waals surface area (Å²) in [5.74, 6) is -2.55. The lowest BCUT2D eigenvalue weighted by Crippen LogP contribution is -2.58. The third-order valence-electron chi connectivity index (χ3n) is 9.56. The van der Waals surface area contributed by atoms with Gasteiger partial charge in [0.2, 0.25) is 21.8 Å². The topological polar surface area (TPSA) is 181 Å². The molecule has 3 aliphatic heterocycles. The van der Waals surface area contributed by atoms with E-state index in [2.05, 4.69) is 15.4 Å². The standard InChI is InChI=1S/C35H49N5O9S/c1-22(2)50(46,47)38-31(43)35-18-25(35)15-9-7-6-8-10-16-27(36-32(44)49-34(3,4)5)30(42)40-21-26(17-28(40)29(41)37-35)48-33(45)39-19-23-13-11-12-14-24(23)20-39/h9,11-15,22,25-28H,6-8,10,16-21H2,1-5H3,(H,36,44)(H,37,41)(H,38,43)/b15-9-/t25-,26-,27+,28+,35-/m1/s1. The summed E-state index contributed by atoms with van der Waals surface area (Å²) < 4.78 is 38.8. The summed E-state index contributed by atoms with van der Waals surface area (Å²) in [7, 11) is -4.00. The van der Waals surface area contributed by atoms with Crippen molar-refractivity contribution < 1.29 is 41.9 Å². The zero-order chi connectivity index (χ0) is 36.4. The van der Waals surface area contributed by atoms with Gasteiger partial charge >= 0.3 is 12.2 Å². The lowest BCUT2D eigenvalue weighted by Gasteiger charge is -2.30. The van der Waals surface area contributed by atoms with Crippen LogP contribution in [0.4, 0.5) is 9.59 Å². The molecule has 2 fully saturated rings. The van der Waals surface area contributed by atoms with Crippen LogP contribution in [-0.4, -0.2) is 89.2 Å². The molecular formula is C35H49N5O9S. The number of ether oxygens (including phenoxy) is 2. The van der Waals surface area contributed by atoms with Crippen molar-refractivity contribution in [2.24, 2.45) is 5.92 Å². The molecule has 274 valence electrons. The average molecular weight is 716 g/mol. The highest BCUT2D eigenvalue weighted by Gasteiger charge is 2.61. The minimum Gasteiger partial charge on any atom is -0.444 e. The van der Waals surface area contributed by atoms with Gasteiger partial charge in [-0.1, -0.05) is 49.3 Å². The number of fused-ring (bicyclic) bond motifs is 3. The molecule has 15 heteroatoms. The predicted molar refractivity (Wildman–Crippen MR) is 183 cm³/mol. The summed E-state index contributed by atoms with van der Waals surface area (Å²) in [5.41, 5.74) is -0.354. The highest BCUT2D eigenvalue weighted by Crippen LogP contribution is 2.46. The number of hydrogen-bond acceptors (Lipinski definition) is 9. The van der Waals surface area contributed by atoms with Crippen LogP contribution in [0.2, 0.25) is 0 Å². The third kappa shape index (κ3) is 8.59. The van der Waals surface area contributed by atoms with Gasteiger partial charge in [0, 0.05) is 25.4 Å². The van der Waals surface area contributed by atoms with Crippen LogP contribution in [0.1, 0.15) is 90.7 Å². The van der Waals surface area contributed by atoms with E-state index >= 15 is 0 Å². The summed E-state index contributed by atoms with van der Waals surface area (Å²) in [5, 5.41) is 4.60. The first-order valence-electron chi connectivity index (χ1n) is 17.4. The van der Waals surface area contributed by atoms with Crippen LogP contribution in [-0.2, 0) is 47.0 Å². The number of allylic oxidation sites excluding steroid dienone is 1. The van der Waals surface area contributed by atoms with Crippen LogP contribution in [0.5, 0.6) is 0 Å². The molecule has 3 N–H and O–H groups in total. The smallest absolute Gasteiger partial charge is 0.410 e. The maximum absolute atomic E-state index is 14.3. The van der Waals surface area contributed by atoms with E-state index in [1.54, 1.807) is 25.7 Å². The average Bonchev–Trinajstić information content (AvgIpc) is 3.33. The minimum atomic E-state index is -4.00. The molecule has 5 rings (SSSR count). The normalized spacial score (nSPS) is 27.9. The molecule has 0 unspecified atom stereocenters. The fourth-order valence-corrected chi connectivity index (χ4v) is 7.31. The molecule has 4 aliphatic rings. The maximum Gasteiger partial charge on any atom is 0.410 e. The predicted octanol–water partition coefficient (Wildman–Crippen LogP) is 3.25. The Morgan fingerprint density at radius 3 is 2.36 bits per heavy atom. The van der Waals surface area contributed by atoms with Crippen molar-refractivity contribution in [1.29, 1.82) is 0 Å². The third-order valence-corrected chi connectivity index (χ3v) is 11.3. The number of hydrogen-bond donors (Lipinski definition) is 3. The fraction of sp³-hybridized carbons (Fsp3) is 0.629. The molecule has 50 heavy (non-hydrogen) atoms. The second-order valence-electron chi connectivity index (χ2n) is 14.9. The van der Waals surface area contributed by atoms with Gasteiger partial charge in [-0.2, -0.15) is 0 Å². The van der Waals surface area contributed by atoms with Crippen molar-refractivity contribution in [2.45, 2.75) is 127 Å². The molecule has 0 spiro atoms. The van der Waals surface area contributed by atoms with Gasteiger partial charge in [0.1, 0.15) is 29.3 Å². The minimum absolute atomic E-state index is 0.0637. The highest BCUT2D eigenvalue weighted by atomic mass is 32.2. The monoisotopic (exact) mass is 715 g/mol. The van der Waals surface area contributed by atoms with Crippen LogP contribution in [0.3, 0.4) is 0 Å². The molecule has 1 aromatic carbocycles. The maximum atomic E-state index is 14.3. The molecule has 0 aromatic heterocycles. The van der Waals surface area contributed by atoms with Crippen LogP contribution >= 0.6 is 0 Å². The second kappa shape index (κ2) is 14.6. The first kappa shape index (κ1) is 37.1. The first-order chi connectivity index (χ1) is 23.5. The molecular weight excluding hydrogens is 666 g/mol. The molecule has 1 aliphatic carbocycles. The number of rotatable bonds is 5. The molecule has 14 nitrogen and oxygen atoms in total. The number of alkyl carbamates (subject to hydrolysis) is 1. The Labute approximate surface area is 293 Å². The van der Waals surface area contributed by atoms with Gasteiger partial charge in [-0.25, -0.2) is 18.0 Å². The Bertz CT molecular complexity index is 1610. The van der Waals surface area contributed by atoms with E-state index < -0.39 is 80.4 Å². The Hall–Kier alpha value is -4.14. The largest absolute Gasteiger partial charge is 0.444 e. The van der Waals surface area contributed by atoms with Crippen molar-refractivity contribution in [1.82, 2.24) is 25.2 Å². The Balaban J connectivity index is 1.41. The van der Waals surface area contributed by atoms with Crippen molar-refractivity contribution in [2.75, 3.05) is 6.54 Å². The van der Waals surface area contributed by atoms with Gasteiger partial charge in [0.15, 0.2) is 0 Å². The van der Waals surface area contributed by atoms with Crippen LogP contribution in [0, 0.1) is 5.92 Å². The lowest BCUT2D eigenvalue weighted by atomic mass is 10.0. The molecule has 1 saturated heterocycles. The fourth-order valence-electron chi connectivity index (χ4n) is 6.63. The summed E-state index contributed by atoms with van der Waals surface area (Å²) in [6.07, 6.45) is 4.68. The van der Waals surface area contributed by atoms with Gasteiger partial charge in [-0.3, -0.25) is 24.0 Å². The molecule has 5 amide bonds. The summed E-state index contributed by atoms with van der Waals surface area (Å²) >= 11 is 0. The van der Waals surface area contributed by atoms with Crippen molar-refractivity contribution in [3.63, 3.8) is 0 Å². The Kier molecular flexibility index (Phi) is 10.8. The number of amides is 5. The van der Waals surface area contributed by atoms with Gasteiger partial charge in [0.25, 0.3) is 5.91 Å². The van der Waals surface area contributed by atoms with E-state index in [9.17, 15) is 32.4 Å². The molecule has 5 atom stereocenters. The highest BCUT2D eigenvalue weighted by molar-refractivity contribution is 7.90. The van der Waals surface area contributed by atoms with E-state index in [-0.39, 0.29) is 25.8 Å². The number of nitrogens with zero attached hydrogens (tertiary/aromatic N) is 2. The summed E-state index contributed by atoms with van der Waals surface area (Å²) in [6.45, 7) is 8.61. The van der Waals surface area contributed by atoms with Gasteiger partial charge in [-0.15, -0.1) is 0 Å². The number of benzene rings is 1. The van der Waals surface area contributed by atoms with Crippen molar-refractivity contribution in [3.05, 3.63) is 47.5 Å². The number of nitrogens with one attached hydrogen (secondary N) is 3. The SMILES string of the molecule is CC(C)S(=O)(=O)NC(=O)[C@@]12C[C@H]1/C=C\CCCCC[C@H](NC(=O)OC(C)(C)C)C(=O)N1C[C@H](OC(=O)N3Cc4ccccc4C3)C[C@H]1C(=O)N2. The van der Waals surface area contributed by atoms with Gasteiger partial charge in [0.05, 0.1) is 11.8 Å². The van der Waals surface area contributed by atoms with E-state index in [1.807, 2.05) is 36.4 Å². The first-order valence-corrected chi connectivity index (χ1v) is 18.9. The van der Waals surface area contributed by atoms with Crippen LogP contribution in [0.25, 0.3) is 0 Å². The van der Waals surface area contributed by atoms with E-state index in [0.29, 0.717) is 25.9 Å². The van der Waals surface area contributed by atoms with Crippen molar-refractivity contribution in [3.8, 4) is 0 Å². The molecule has 3 heterocycles. The lowest BCUT2D eigenvalue weighted by molar-refractivity contribution is -0.141.